The summed E-state index contributed by atoms with van der Waals surface area (Å²) in [6.45, 7) is 0.589. The van der Waals surface area contributed by atoms with Crippen LogP contribution in [0.3, 0.4) is 0 Å². The fraction of sp³-hybridized carbons (Fsp3) is 0.174. The van der Waals surface area contributed by atoms with Crippen LogP contribution >= 0.6 is 11.3 Å². The molecule has 0 radical (unpaired) electrons. The van der Waals surface area contributed by atoms with Crippen molar-refractivity contribution in [2.24, 2.45) is 0 Å². The fourth-order valence-corrected chi connectivity index (χ4v) is 4.35. The quantitative estimate of drug-likeness (QED) is 0.479. The zero-order valence-electron chi connectivity index (χ0n) is 16.7. The second-order valence-electron chi connectivity index (χ2n) is 6.91. The van der Waals surface area contributed by atoms with Gasteiger partial charge in [0.2, 0.25) is 6.41 Å². The van der Waals surface area contributed by atoms with Gasteiger partial charge in [0.15, 0.2) is 0 Å². The second kappa shape index (κ2) is 8.90. The van der Waals surface area contributed by atoms with Gasteiger partial charge in [0.25, 0.3) is 5.91 Å². The lowest BCUT2D eigenvalue weighted by Crippen LogP contribution is -2.46. The summed E-state index contributed by atoms with van der Waals surface area (Å²) in [5, 5.41) is 7.70. The number of fused-ring (bicyclic) bond motifs is 2. The molecular formula is C23H19N3O4S. The molecule has 1 atom stereocenters. The Hall–Kier alpha value is -3.83. The van der Waals surface area contributed by atoms with Gasteiger partial charge in [-0.3, -0.25) is 14.9 Å². The van der Waals surface area contributed by atoms with Crippen molar-refractivity contribution in [3.05, 3.63) is 64.5 Å². The van der Waals surface area contributed by atoms with Gasteiger partial charge in [0.05, 0.1) is 13.7 Å². The van der Waals surface area contributed by atoms with Crippen LogP contribution in [0.4, 0.5) is 4.79 Å². The zero-order valence-corrected chi connectivity index (χ0v) is 17.5. The molecule has 2 aromatic carbocycles. The number of hydrogen-bond acceptors (Lipinski definition) is 5. The Labute approximate surface area is 183 Å². The molecular weight excluding hydrogens is 414 g/mol. The summed E-state index contributed by atoms with van der Waals surface area (Å²) in [6.07, 6.45) is 0.301. The second-order valence-corrected chi connectivity index (χ2v) is 7.82. The number of methoxy groups -OCH3 is 1. The average Bonchev–Trinajstić information content (AvgIpc) is 3.33. The molecule has 0 fully saturated rings. The Bertz CT molecular complexity index is 1220. The van der Waals surface area contributed by atoms with Crippen LogP contribution in [0, 0.1) is 11.8 Å². The van der Waals surface area contributed by atoms with E-state index in [4.69, 9.17) is 4.74 Å². The normalized spacial score (nSPS) is 13.2. The molecule has 156 valence electrons. The number of ether oxygens (including phenoxy) is 1. The molecule has 7 nitrogen and oxygen atoms in total. The van der Waals surface area contributed by atoms with E-state index in [1.165, 1.54) is 0 Å². The highest BCUT2D eigenvalue weighted by Gasteiger charge is 2.29. The van der Waals surface area contributed by atoms with Crippen molar-refractivity contribution >= 4 is 39.8 Å². The van der Waals surface area contributed by atoms with Gasteiger partial charge < -0.3 is 15.0 Å². The first-order chi connectivity index (χ1) is 15.1. The maximum atomic E-state index is 12.9. The summed E-state index contributed by atoms with van der Waals surface area (Å²) in [5.41, 5.74) is 2.31. The van der Waals surface area contributed by atoms with Crippen molar-refractivity contribution in [3.63, 3.8) is 0 Å². The van der Waals surface area contributed by atoms with Crippen molar-refractivity contribution in [2.75, 3.05) is 13.7 Å². The van der Waals surface area contributed by atoms with Gasteiger partial charge in [-0.15, -0.1) is 11.3 Å². The molecule has 0 saturated heterocycles. The number of carbonyl (C=O) groups is 3. The molecule has 1 aliphatic rings. The summed E-state index contributed by atoms with van der Waals surface area (Å²) in [6, 6.07) is 12.0. The molecule has 31 heavy (non-hydrogen) atoms. The van der Waals surface area contributed by atoms with E-state index in [0.29, 0.717) is 24.3 Å². The van der Waals surface area contributed by atoms with E-state index in [1.807, 2.05) is 41.8 Å². The number of amides is 4. The standard InChI is InChI=1S/C23H19N3O4S/c1-30-18-9-7-15-11-26(22(28)20(15)10-18)12-17(25-23(29)24-14-27)8-6-16-13-31-21-5-3-2-4-19(16)21/h2-5,7,9-10,13-14,17H,11-12H2,1H3,(H2,24,25,27,29)/t17-/m1/s1. The molecule has 0 saturated carbocycles. The molecule has 4 amide bonds. The third-order valence-electron chi connectivity index (χ3n) is 4.96. The number of imide groups is 1. The maximum absolute atomic E-state index is 12.9. The van der Waals surface area contributed by atoms with Crippen LogP contribution in [-0.2, 0) is 11.3 Å². The van der Waals surface area contributed by atoms with E-state index in [-0.39, 0.29) is 12.5 Å². The van der Waals surface area contributed by atoms with Gasteiger partial charge in [-0.25, -0.2) is 4.79 Å². The molecule has 0 bridgehead atoms. The largest absolute Gasteiger partial charge is 0.497 e. The lowest BCUT2D eigenvalue weighted by atomic mass is 10.1. The maximum Gasteiger partial charge on any atom is 0.322 e. The van der Waals surface area contributed by atoms with Gasteiger partial charge in [-0.05, 0) is 23.8 Å². The highest BCUT2D eigenvalue weighted by Crippen LogP contribution is 2.27. The lowest BCUT2D eigenvalue weighted by Gasteiger charge is -2.20. The van der Waals surface area contributed by atoms with Crippen LogP contribution < -0.4 is 15.4 Å². The van der Waals surface area contributed by atoms with Gasteiger partial charge in [-0.1, -0.05) is 36.1 Å². The minimum absolute atomic E-state index is 0.153. The third-order valence-corrected chi connectivity index (χ3v) is 5.92. The van der Waals surface area contributed by atoms with E-state index in [1.54, 1.807) is 29.4 Å². The van der Waals surface area contributed by atoms with Crippen LogP contribution in [0.1, 0.15) is 21.5 Å². The minimum Gasteiger partial charge on any atom is -0.497 e. The van der Waals surface area contributed by atoms with Gasteiger partial charge in [0.1, 0.15) is 11.8 Å². The van der Waals surface area contributed by atoms with Crippen LogP contribution in [0.15, 0.2) is 47.8 Å². The smallest absolute Gasteiger partial charge is 0.322 e. The molecule has 1 aromatic heterocycles. The third kappa shape index (κ3) is 4.37. The molecule has 2 N–H and O–H groups in total. The predicted octanol–water partition coefficient (Wildman–Crippen LogP) is 2.74. The summed E-state index contributed by atoms with van der Waals surface area (Å²) in [5.74, 6) is 6.62. The van der Waals surface area contributed by atoms with Crippen molar-refractivity contribution in [2.45, 2.75) is 12.6 Å². The minimum atomic E-state index is -0.671. The topological polar surface area (TPSA) is 87.7 Å². The summed E-state index contributed by atoms with van der Waals surface area (Å²) in [7, 11) is 1.55. The average molecular weight is 433 g/mol. The van der Waals surface area contributed by atoms with E-state index in [0.717, 1.165) is 21.2 Å². The molecule has 0 unspecified atom stereocenters. The number of carbonyl (C=O) groups excluding carboxylic acids is 3. The molecule has 8 heteroatoms. The zero-order chi connectivity index (χ0) is 21.8. The number of hydrogen-bond donors (Lipinski definition) is 2. The molecule has 0 aliphatic carbocycles. The Kier molecular flexibility index (Phi) is 5.87. The number of thiophene rings is 1. The lowest BCUT2D eigenvalue weighted by molar-refractivity contribution is -0.108. The number of urea groups is 1. The first kappa shape index (κ1) is 20.4. The van der Waals surface area contributed by atoms with Crippen molar-refractivity contribution in [1.82, 2.24) is 15.5 Å². The molecule has 4 rings (SSSR count). The predicted molar refractivity (Wildman–Crippen MR) is 118 cm³/mol. The number of nitrogens with zero attached hydrogens (tertiary/aromatic N) is 1. The van der Waals surface area contributed by atoms with Crippen molar-refractivity contribution in [3.8, 4) is 17.6 Å². The Balaban J connectivity index is 1.57. The summed E-state index contributed by atoms with van der Waals surface area (Å²) >= 11 is 1.59. The van der Waals surface area contributed by atoms with Gasteiger partial charge >= 0.3 is 6.03 Å². The molecule has 1 aliphatic heterocycles. The summed E-state index contributed by atoms with van der Waals surface area (Å²) in [4.78, 5) is 37.0. The molecule has 2 heterocycles. The van der Waals surface area contributed by atoms with Crippen LogP contribution in [0.5, 0.6) is 5.75 Å². The van der Waals surface area contributed by atoms with Gasteiger partial charge in [-0.2, -0.15) is 0 Å². The number of nitrogens with one attached hydrogen (secondary N) is 2. The van der Waals surface area contributed by atoms with Crippen LogP contribution in [0.2, 0.25) is 0 Å². The van der Waals surface area contributed by atoms with Crippen molar-refractivity contribution in [1.29, 1.82) is 0 Å². The number of rotatable bonds is 5. The molecule has 3 aromatic rings. The highest BCUT2D eigenvalue weighted by molar-refractivity contribution is 7.17. The Morgan fingerprint density at radius 3 is 2.97 bits per heavy atom. The van der Waals surface area contributed by atoms with E-state index in [2.05, 4.69) is 22.5 Å². The SMILES string of the molecule is COc1ccc2c(c1)C(=O)N(C[C@@H](C#Cc1csc3ccccc13)NC(=O)NC=O)C2. The highest BCUT2D eigenvalue weighted by atomic mass is 32.1. The monoisotopic (exact) mass is 433 g/mol. The molecule has 0 spiro atoms. The first-order valence-electron chi connectivity index (χ1n) is 9.53. The van der Waals surface area contributed by atoms with Crippen molar-refractivity contribution < 1.29 is 19.1 Å². The van der Waals surface area contributed by atoms with Gasteiger partial charge in [0, 0.05) is 33.1 Å². The van der Waals surface area contributed by atoms with E-state index in [9.17, 15) is 14.4 Å². The van der Waals surface area contributed by atoms with Crippen LogP contribution in [-0.4, -0.2) is 42.9 Å². The number of benzene rings is 2. The summed E-state index contributed by atoms with van der Waals surface area (Å²) < 4.78 is 6.33. The van der Waals surface area contributed by atoms with E-state index < -0.39 is 12.1 Å². The Morgan fingerprint density at radius 1 is 1.32 bits per heavy atom. The Morgan fingerprint density at radius 2 is 2.16 bits per heavy atom. The first-order valence-corrected chi connectivity index (χ1v) is 10.4. The van der Waals surface area contributed by atoms with Crippen LogP contribution in [0.25, 0.3) is 10.1 Å². The fourth-order valence-electron chi connectivity index (χ4n) is 3.46. The van der Waals surface area contributed by atoms with E-state index >= 15 is 0 Å².